The van der Waals surface area contributed by atoms with Crippen molar-refractivity contribution in [3.63, 3.8) is 0 Å². The molecule has 92 valence electrons. The molecule has 16 heavy (non-hydrogen) atoms. The lowest BCUT2D eigenvalue weighted by Crippen LogP contribution is -2.42. The molecule has 7 heteroatoms. The fourth-order valence-corrected chi connectivity index (χ4v) is 0.842. The third-order valence-electron chi connectivity index (χ3n) is 1.24. The number of carbonyl (C=O) groups excluding carboxylic acids is 1. The van der Waals surface area contributed by atoms with Gasteiger partial charge in [-0.25, -0.2) is 5.06 Å². The second kappa shape index (κ2) is 5.45. The smallest absolute Gasteiger partial charge is 0.325 e. The maximum absolute atomic E-state index is 11.3. The topological polar surface area (TPSA) is 104 Å². The third-order valence-corrected chi connectivity index (χ3v) is 1.24. The maximum Gasteiger partial charge on any atom is 0.325 e. The van der Waals surface area contributed by atoms with Crippen molar-refractivity contribution in [3.8, 4) is 0 Å². The molecule has 0 bridgehead atoms. The van der Waals surface area contributed by atoms with E-state index in [1.807, 2.05) is 0 Å². The van der Waals surface area contributed by atoms with E-state index in [1.54, 1.807) is 20.8 Å². The number of rotatable bonds is 5. The van der Waals surface area contributed by atoms with Crippen molar-refractivity contribution in [3.05, 3.63) is 0 Å². The quantitative estimate of drug-likeness (QED) is 0.515. The lowest BCUT2D eigenvalue weighted by atomic mass is 10.2. The van der Waals surface area contributed by atoms with Crippen molar-refractivity contribution in [1.29, 1.82) is 0 Å². The van der Waals surface area contributed by atoms with Gasteiger partial charge in [-0.1, -0.05) is 0 Å². The number of carbonyl (C=O) groups is 3. The maximum atomic E-state index is 11.3. The standard InChI is InChI=1S/C9H15NO6/c1-9(2,3)16-10(5-8(14)15)6(11)4-7(12)13/h4-5H2,1-3H3,(H,12,13)(H,14,15). The van der Waals surface area contributed by atoms with E-state index in [2.05, 4.69) is 0 Å². The van der Waals surface area contributed by atoms with Crippen molar-refractivity contribution >= 4 is 17.8 Å². The summed E-state index contributed by atoms with van der Waals surface area (Å²) in [7, 11) is 0. The molecule has 0 radical (unpaired) electrons. The van der Waals surface area contributed by atoms with Crippen LogP contribution in [-0.2, 0) is 19.2 Å². The number of amides is 1. The van der Waals surface area contributed by atoms with Gasteiger partial charge in [0.2, 0.25) is 0 Å². The molecule has 0 aliphatic heterocycles. The van der Waals surface area contributed by atoms with Crippen molar-refractivity contribution in [2.24, 2.45) is 0 Å². The first kappa shape index (κ1) is 14.4. The molecular formula is C9H15NO6. The third kappa shape index (κ3) is 6.77. The van der Waals surface area contributed by atoms with E-state index in [-0.39, 0.29) is 0 Å². The van der Waals surface area contributed by atoms with Crippen LogP contribution in [0.15, 0.2) is 0 Å². The highest BCUT2D eigenvalue weighted by atomic mass is 16.7. The van der Waals surface area contributed by atoms with E-state index in [4.69, 9.17) is 15.1 Å². The van der Waals surface area contributed by atoms with Crippen LogP contribution in [0.4, 0.5) is 0 Å². The summed E-state index contributed by atoms with van der Waals surface area (Å²) in [6.07, 6.45) is -0.802. The van der Waals surface area contributed by atoms with Gasteiger partial charge in [-0.05, 0) is 20.8 Å². The van der Waals surface area contributed by atoms with E-state index in [0.717, 1.165) is 0 Å². The molecule has 7 nitrogen and oxygen atoms in total. The highest BCUT2D eigenvalue weighted by molar-refractivity contribution is 5.94. The van der Waals surface area contributed by atoms with E-state index in [9.17, 15) is 14.4 Å². The highest BCUT2D eigenvalue weighted by Crippen LogP contribution is 2.11. The minimum absolute atomic E-state index is 0.552. The van der Waals surface area contributed by atoms with Crippen LogP contribution >= 0.6 is 0 Å². The Bertz CT molecular complexity index is 293. The van der Waals surface area contributed by atoms with Crippen LogP contribution < -0.4 is 0 Å². The van der Waals surface area contributed by atoms with E-state index >= 15 is 0 Å². The fourth-order valence-electron chi connectivity index (χ4n) is 0.842. The molecule has 0 aromatic heterocycles. The van der Waals surface area contributed by atoms with Gasteiger partial charge in [-0.2, -0.15) is 0 Å². The van der Waals surface area contributed by atoms with Crippen molar-refractivity contribution in [2.75, 3.05) is 6.54 Å². The van der Waals surface area contributed by atoms with Crippen LogP contribution in [0.2, 0.25) is 0 Å². The number of nitrogens with zero attached hydrogens (tertiary/aromatic N) is 1. The molecule has 0 aromatic rings. The van der Waals surface area contributed by atoms with Crippen molar-refractivity contribution in [1.82, 2.24) is 5.06 Å². The lowest BCUT2D eigenvalue weighted by Gasteiger charge is -2.28. The Morgan fingerprint density at radius 1 is 1.12 bits per heavy atom. The zero-order valence-corrected chi connectivity index (χ0v) is 9.39. The van der Waals surface area contributed by atoms with Crippen LogP contribution in [0.5, 0.6) is 0 Å². The van der Waals surface area contributed by atoms with Gasteiger partial charge in [0, 0.05) is 0 Å². The Balaban J connectivity index is 4.59. The van der Waals surface area contributed by atoms with E-state index in [0.29, 0.717) is 5.06 Å². The molecule has 0 fully saturated rings. The van der Waals surface area contributed by atoms with Crippen LogP contribution in [0.1, 0.15) is 27.2 Å². The van der Waals surface area contributed by atoms with E-state index < -0.39 is 36.4 Å². The number of carboxylic acids is 2. The van der Waals surface area contributed by atoms with Gasteiger partial charge < -0.3 is 10.2 Å². The zero-order chi connectivity index (χ0) is 12.9. The Kier molecular flexibility index (Phi) is 4.90. The summed E-state index contributed by atoms with van der Waals surface area (Å²) >= 11 is 0. The number of aliphatic carboxylic acids is 2. The largest absolute Gasteiger partial charge is 0.481 e. The zero-order valence-electron chi connectivity index (χ0n) is 9.39. The first-order valence-corrected chi connectivity index (χ1v) is 4.55. The van der Waals surface area contributed by atoms with Gasteiger partial charge >= 0.3 is 11.9 Å². The fraction of sp³-hybridized carbons (Fsp3) is 0.667. The molecule has 0 heterocycles. The molecule has 0 saturated carbocycles. The van der Waals surface area contributed by atoms with Gasteiger partial charge in [0.25, 0.3) is 5.91 Å². The molecular weight excluding hydrogens is 218 g/mol. The van der Waals surface area contributed by atoms with Crippen LogP contribution in [0, 0.1) is 0 Å². The van der Waals surface area contributed by atoms with Crippen molar-refractivity contribution < 1.29 is 29.4 Å². The molecule has 0 atom stereocenters. The van der Waals surface area contributed by atoms with Crippen molar-refractivity contribution in [2.45, 2.75) is 32.8 Å². The Hall–Kier alpha value is -1.63. The summed E-state index contributed by atoms with van der Waals surface area (Å²) in [4.78, 5) is 37.2. The van der Waals surface area contributed by atoms with Gasteiger partial charge in [0.1, 0.15) is 13.0 Å². The lowest BCUT2D eigenvalue weighted by molar-refractivity contribution is -0.229. The van der Waals surface area contributed by atoms with Gasteiger partial charge in [0.05, 0.1) is 5.60 Å². The number of hydrogen-bond donors (Lipinski definition) is 2. The first-order valence-electron chi connectivity index (χ1n) is 4.55. The van der Waals surface area contributed by atoms with Crippen LogP contribution in [-0.4, -0.2) is 45.3 Å². The summed E-state index contributed by atoms with van der Waals surface area (Å²) in [5, 5.41) is 17.5. The number of hydroxylamine groups is 2. The molecule has 0 spiro atoms. The molecule has 0 saturated heterocycles. The number of carboxylic acid groups (broad SMARTS) is 2. The monoisotopic (exact) mass is 233 g/mol. The summed E-state index contributed by atoms with van der Waals surface area (Å²) in [5.41, 5.74) is -0.774. The molecule has 1 amide bonds. The summed E-state index contributed by atoms with van der Waals surface area (Å²) in [6, 6.07) is 0. The molecule has 0 aliphatic carbocycles. The second-order valence-corrected chi connectivity index (χ2v) is 4.10. The second-order valence-electron chi connectivity index (χ2n) is 4.10. The number of hydrogen-bond acceptors (Lipinski definition) is 4. The van der Waals surface area contributed by atoms with E-state index in [1.165, 1.54) is 0 Å². The van der Waals surface area contributed by atoms with Gasteiger partial charge in [-0.15, -0.1) is 0 Å². The summed E-state index contributed by atoms with van der Waals surface area (Å²) < 4.78 is 0. The predicted molar refractivity (Wildman–Crippen MR) is 52.4 cm³/mol. The summed E-state index contributed by atoms with van der Waals surface area (Å²) in [6.45, 7) is 4.17. The summed E-state index contributed by atoms with van der Waals surface area (Å²) in [5.74, 6) is -3.51. The normalized spacial score (nSPS) is 10.9. The van der Waals surface area contributed by atoms with Gasteiger partial charge in [-0.3, -0.25) is 19.2 Å². The van der Waals surface area contributed by atoms with Crippen LogP contribution in [0.3, 0.4) is 0 Å². The Morgan fingerprint density at radius 2 is 1.62 bits per heavy atom. The minimum Gasteiger partial charge on any atom is -0.481 e. The molecule has 0 rings (SSSR count). The van der Waals surface area contributed by atoms with Crippen LogP contribution in [0.25, 0.3) is 0 Å². The van der Waals surface area contributed by atoms with Gasteiger partial charge in [0.15, 0.2) is 0 Å². The highest BCUT2D eigenvalue weighted by Gasteiger charge is 2.25. The average Bonchev–Trinajstić information content (AvgIpc) is 1.97. The molecule has 0 aromatic carbocycles. The molecule has 0 unspecified atom stereocenters. The molecule has 0 aliphatic rings. The first-order chi connectivity index (χ1) is 7.11. The Morgan fingerprint density at radius 3 is 1.94 bits per heavy atom. The minimum atomic E-state index is -1.34. The SMILES string of the molecule is CC(C)(C)ON(CC(=O)O)C(=O)CC(=O)O. The predicted octanol–water partition coefficient (Wildman–Crippen LogP) is 0.104. The Labute approximate surface area is 92.6 Å². The molecule has 2 N–H and O–H groups in total. The average molecular weight is 233 g/mol.